The van der Waals surface area contributed by atoms with E-state index in [0.29, 0.717) is 55.3 Å². The van der Waals surface area contributed by atoms with E-state index in [1.54, 1.807) is 21.3 Å². The van der Waals surface area contributed by atoms with Crippen LogP contribution in [0.5, 0.6) is 17.2 Å². The first-order valence-corrected chi connectivity index (χ1v) is 8.07. The van der Waals surface area contributed by atoms with Crippen LogP contribution in [0.3, 0.4) is 0 Å². The Morgan fingerprint density at radius 1 is 1.12 bits per heavy atom. The molecule has 0 N–H and O–H groups in total. The number of aryl methyl sites for hydroxylation is 1. The van der Waals surface area contributed by atoms with Crippen LogP contribution in [0.15, 0.2) is 12.1 Å². The molecule has 2 aromatic rings. The van der Waals surface area contributed by atoms with Gasteiger partial charge in [0, 0.05) is 5.56 Å². The first-order valence-electron chi connectivity index (χ1n) is 8.07. The molecule has 1 fully saturated rings. The highest BCUT2D eigenvalue weighted by Gasteiger charge is 2.21. The van der Waals surface area contributed by atoms with E-state index in [4.69, 9.17) is 23.7 Å². The lowest BCUT2D eigenvalue weighted by Gasteiger charge is -2.23. The van der Waals surface area contributed by atoms with E-state index >= 15 is 0 Å². The number of hydrogen-bond acceptors (Lipinski definition) is 7. The van der Waals surface area contributed by atoms with Gasteiger partial charge in [-0.2, -0.15) is 5.10 Å². The molecule has 3 rings (SSSR count). The third-order valence-corrected chi connectivity index (χ3v) is 3.96. The zero-order valence-corrected chi connectivity index (χ0v) is 14.9. The van der Waals surface area contributed by atoms with Crippen LogP contribution in [-0.4, -0.2) is 62.0 Å². The molecule has 0 aliphatic carbocycles. The van der Waals surface area contributed by atoms with Crippen LogP contribution in [0.2, 0.25) is 0 Å². The molecule has 0 amide bonds. The van der Waals surface area contributed by atoms with Gasteiger partial charge in [0.05, 0.1) is 47.7 Å². The highest BCUT2D eigenvalue weighted by atomic mass is 16.6. The monoisotopic (exact) mass is 349 g/mol. The topological polar surface area (TPSA) is 76.9 Å². The Bertz CT molecular complexity index is 700. The highest BCUT2D eigenvalue weighted by molar-refractivity contribution is 5.66. The maximum atomic E-state index is 5.73. The molecule has 25 heavy (non-hydrogen) atoms. The van der Waals surface area contributed by atoms with Crippen LogP contribution in [-0.2, 0) is 16.0 Å². The molecule has 1 aliphatic heterocycles. The summed E-state index contributed by atoms with van der Waals surface area (Å²) in [4.78, 5) is 4.56. The summed E-state index contributed by atoms with van der Waals surface area (Å²) in [5.74, 6) is 3.08. The van der Waals surface area contributed by atoms with Crippen LogP contribution in [0.1, 0.15) is 5.82 Å². The van der Waals surface area contributed by atoms with E-state index in [2.05, 4.69) is 10.1 Å². The Morgan fingerprint density at radius 3 is 2.40 bits per heavy atom. The van der Waals surface area contributed by atoms with E-state index in [1.807, 2.05) is 23.7 Å². The first-order chi connectivity index (χ1) is 12.2. The third kappa shape index (κ3) is 3.69. The molecular weight excluding hydrogens is 326 g/mol. The van der Waals surface area contributed by atoms with Gasteiger partial charge < -0.3 is 23.7 Å². The second-order valence-corrected chi connectivity index (χ2v) is 5.65. The van der Waals surface area contributed by atoms with Gasteiger partial charge in [-0.05, 0) is 19.1 Å². The van der Waals surface area contributed by atoms with Gasteiger partial charge in [0.25, 0.3) is 0 Å². The molecule has 8 nitrogen and oxygen atoms in total. The van der Waals surface area contributed by atoms with Crippen molar-refractivity contribution in [3.8, 4) is 28.6 Å². The zero-order valence-electron chi connectivity index (χ0n) is 14.9. The number of nitrogens with zero attached hydrogens (tertiary/aromatic N) is 3. The van der Waals surface area contributed by atoms with Gasteiger partial charge in [-0.3, -0.25) is 0 Å². The average Bonchev–Trinajstić information content (AvgIpc) is 3.01. The molecule has 0 saturated carbocycles. The van der Waals surface area contributed by atoms with Crippen molar-refractivity contribution >= 4 is 0 Å². The maximum Gasteiger partial charge on any atom is 0.203 e. The fourth-order valence-corrected chi connectivity index (χ4v) is 2.84. The Hall–Kier alpha value is -2.32. The summed E-state index contributed by atoms with van der Waals surface area (Å²) in [5, 5.41) is 4.49. The second kappa shape index (κ2) is 7.71. The minimum Gasteiger partial charge on any atom is -0.493 e. The molecule has 136 valence electrons. The van der Waals surface area contributed by atoms with Crippen molar-refractivity contribution in [3.05, 3.63) is 18.0 Å². The lowest BCUT2D eigenvalue weighted by Crippen LogP contribution is -2.32. The van der Waals surface area contributed by atoms with Gasteiger partial charge in [0.15, 0.2) is 17.3 Å². The molecule has 1 atom stereocenters. The number of ether oxygens (including phenoxy) is 5. The number of hydrogen-bond donors (Lipinski definition) is 0. The van der Waals surface area contributed by atoms with Crippen molar-refractivity contribution in [3.63, 3.8) is 0 Å². The van der Waals surface area contributed by atoms with E-state index in [0.717, 1.165) is 5.56 Å². The minimum atomic E-state index is -0.0457. The lowest BCUT2D eigenvalue weighted by molar-refractivity contribution is -0.0945. The van der Waals surface area contributed by atoms with Crippen LogP contribution in [0.25, 0.3) is 11.4 Å². The second-order valence-electron chi connectivity index (χ2n) is 5.65. The normalized spacial score (nSPS) is 17.4. The van der Waals surface area contributed by atoms with Gasteiger partial charge in [0.2, 0.25) is 5.75 Å². The summed E-state index contributed by atoms with van der Waals surface area (Å²) < 4.78 is 29.3. The van der Waals surface area contributed by atoms with Gasteiger partial charge in [-0.25, -0.2) is 9.67 Å². The standard InChI is InChI=1S/C17H23N3O5/c1-11-18-17(20(19-11)9-13-10-24-5-6-25-13)12-7-14(21-2)16(23-4)15(8-12)22-3/h7-8,13H,5-6,9-10H2,1-4H3. The van der Waals surface area contributed by atoms with Crippen molar-refractivity contribution in [2.75, 3.05) is 41.2 Å². The van der Waals surface area contributed by atoms with Gasteiger partial charge in [-0.1, -0.05) is 0 Å². The summed E-state index contributed by atoms with van der Waals surface area (Å²) in [7, 11) is 4.75. The van der Waals surface area contributed by atoms with E-state index < -0.39 is 0 Å². The van der Waals surface area contributed by atoms with E-state index in [9.17, 15) is 0 Å². The summed E-state index contributed by atoms with van der Waals surface area (Å²) in [5.41, 5.74) is 0.826. The fourth-order valence-electron chi connectivity index (χ4n) is 2.84. The molecule has 0 spiro atoms. The molecular formula is C17H23N3O5. The number of aromatic nitrogens is 3. The molecule has 0 radical (unpaired) electrons. The molecule has 1 aliphatic rings. The van der Waals surface area contributed by atoms with Crippen LogP contribution in [0, 0.1) is 6.92 Å². The number of methoxy groups -OCH3 is 3. The van der Waals surface area contributed by atoms with Crippen LogP contribution < -0.4 is 14.2 Å². The van der Waals surface area contributed by atoms with E-state index in [-0.39, 0.29) is 6.10 Å². The van der Waals surface area contributed by atoms with Gasteiger partial charge >= 0.3 is 0 Å². The molecule has 2 heterocycles. The van der Waals surface area contributed by atoms with Gasteiger partial charge in [0.1, 0.15) is 11.9 Å². The average molecular weight is 349 g/mol. The summed E-state index contributed by atoms with van der Waals surface area (Å²) in [6.07, 6.45) is -0.0457. The van der Waals surface area contributed by atoms with Crippen molar-refractivity contribution in [1.29, 1.82) is 0 Å². The third-order valence-electron chi connectivity index (χ3n) is 3.96. The minimum absolute atomic E-state index is 0.0457. The number of rotatable bonds is 6. The summed E-state index contributed by atoms with van der Waals surface area (Å²) in [6.45, 7) is 4.20. The predicted molar refractivity (Wildman–Crippen MR) is 90.4 cm³/mol. The Kier molecular flexibility index (Phi) is 5.40. The molecule has 1 aromatic carbocycles. The van der Waals surface area contributed by atoms with Crippen LogP contribution in [0.4, 0.5) is 0 Å². The highest BCUT2D eigenvalue weighted by Crippen LogP contribution is 2.40. The summed E-state index contributed by atoms with van der Waals surface area (Å²) in [6, 6.07) is 3.72. The molecule has 8 heteroatoms. The molecule has 1 saturated heterocycles. The lowest BCUT2D eigenvalue weighted by atomic mass is 10.1. The Morgan fingerprint density at radius 2 is 1.84 bits per heavy atom. The molecule has 0 bridgehead atoms. The Balaban J connectivity index is 1.98. The van der Waals surface area contributed by atoms with Crippen molar-refractivity contribution < 1.29 is 23.7 Å². The Labute approximate surface area is 146 Å². The quantitative estimate of drug-likeness (QED) is 0.785. The number of benzene rings is 1. The SMILES string of the molecule is COc1cc(-c2nc(C)nn2CC2COCCO2)cc(OC)c1OC. The first kappa shape index (κ1) is 17.5. The fraction of sp³-hybridized carbons (Fsp3) is 0.529. The largest absolute Gasteiger partial charge is 0.493 e. The smallest absolute Gasteiger partial charge is 0.203 e. The van der Waals surface area contributed by atoms with Crippen molar-refractivity contribution in [2.45, 2.75) is 19.6 Å². The van der Waals surface area contributed by atoms with Crippen molar-refractivity contribution in [1.82, 2.24) is 14.8 Å². The van der Waals surface area contributed by atoms with E-state index in [1.165, 1.54) is 0 Å². The zero-order chi connectivity index (χ0) is 17.8. The molecule has 1 aromatic heterocycles. The predicted octanol–water partition coefficient (Wildman–Crippen LogP) is 1.69. The van der Waals surface area contributed by atoms with Crippen LogP contribution >= 0.6 is 0 Å². The maximum absolute atomic E-state index is 5.73. The molecule has 1 unspecified atom stereocenters. The summed E-state index contributed by atoms with van der Waals surface area (Å²) >= 11 is 0. The van der Waals surface area contributed by atoms with Crippen molar-refractivity contribution in [2.24, 2.45) is 0 Å². The van der Waals surface area contributed by atoms with Gasteiger partial charge in [-0.15, -0.1) is 0 Å².